The fraction of sp³-hybridized carbons (Fsp3) is 0. The van der Waals surface area contributed by atoms with Crippen LogP contribution in [-0.2, 0) is 0 Å². The fourth-order valence-electron chi connectivity index (χ4n) is 1.85. The molecule has 4 nitrogen and oxygen atoms in total. The first-order valence-corrected chi connectivity index (χ1v) is 5.91. The molecule has 0 radical (unpaired) electrons. The molecule has 0 unspecified atom stereocenters. The van der Waals surface area contributed by atoms with Crippen LogP contribution < -0.4 is 0 Å². The summed E-state index contributed by atoms with van der Waals surface area (Å²) in [5.74, 6) is 0.675. The van der Waals surface area contributed by atoms with Gasteiger partial charge >= 0.3 is 0 Å². The van der Waals surface area contributed by atoms with Crippen LogP contribution in [0, 0.1) is 0 Å². The average molecular weight is 248 g/mol. The van der Waals surface area contributed by atoms with E-state index < -0.39 is 0 Å². The summed E-state index contributed by atoms with van der Waals surface area (Å²) in [6.07, 6.45) is 5.13. The molecule has 1 N–H and O–H groups in total. The van der Waals surface area contributed by atoms with E-state index in [1.807, 2.05) is 36.5 Å². The lowest BCUT2D eigenvalue weighted by molar-refractivity contribution is 1.09. The highest BCUT2D eigenvalue weighted by Gasteiger charge is 2.03. The fourth-order valence-corrected chi connectivity index (χ4v) is 1.85. The van der Waals surface area contributed by atoms with Crippen LogP contribution in [0.2, 0.25) is 0 Å². The Labute approximate surface area is 110 Å². The molecular weight excluding hydrogens is 236 g/mol. The first-order chi connectivity index (χ1) is 9.36. The summed E-state index contributed by atoms with van der Waals surface area (Å²) in [5.41, 5.74) is 4.08. The summed E-state index contributed by atoms with van der Waals surface area (Å²) < 4.78 is 0. The number of pyridine rings is 1. The molecule has 92 valence electrons. The zero-order valence-electron chi connectivity index (χ0n) is 10.2. The molecule has 0 aliphatic rings. The van der Waals surface area contributed by atoms with Gasteiger partial charge in [-0.3, -0.25) is 10.1 Å². The van der Waals surface area contributed by atoms with E-state index in [1.165, 1.54) is 6.33 Å². The molecule has 2 aromatic heterocycles. The van der Waals surface area contributed by atoms with Crippen molar-refractivity contribution < 1.29 is 0 Å². The van der Waals surface area contributed by atoms with Gasteiger partial charge in [0, 0.05) is 11.8 Å². The number of hydrogen-bond acceptors (Lipinski definition) is 3. The minimum Gasteiger partial charge on any atom is -0.258 e. The van der Waals surface area contributed by atoms with E-state index in [9.17, 15) is 0 Å². The van der Waals surface area contributed by atoms with Crippen molar-refractivity contribution in [3.05, 3.63) is 61.1 Å². The lowest BCUT2D eigenvalue weighted by Crippen LogP contribution is -1.87. The average Bonchev–Trinajstić information content (AvgIpc) is 3.02. The van der Waals surface area contributed by atoms with Crippen molar-refractivity contribution in [3.8, 4) is 22.6 Å². The monoisotopic (exact) mass is 248 g/mol. The van der Waals surface area contributed by atoms with Crippen LogP contribution in [0.3, 0.4) is 0 Å². The van der Waals surface area contributed by atoms with Gasteiger partial charge < -0.3 is 0 Å². The first kappa shape index (κ1) is 11.3. The van der Waals surface area contributed by atoms with E-state index in [0.717, 1.165) is 22.4 Å². The summed E-state index contributed by atoms with van der Waals surface area (Å²) in [6.45, 7) is 3.74. The number of nitrogens with zero attached hydrogens (tertiary/aromatic N) is 3. The molecule has 0 saturated heterocycles. The van der Waals surface area contributed by atoms with Crippen LogP contribution in [0.25, 0.3) is 28.7 Å². The molecule has 0 spiro atoms. The summed E-state index contributed by atoms with van der Waals surface area (Å²) in [6, 6.07) is 12.1. The third-order valence-corrected chi connectivity index (χ3v) is 2.90. The number of aromatic amines is 1. The van der Waals surface area contributed by atoms with Crippen molar-refractivity contribution in [3.63, 3.8) is 0 Å². The Balaban J connectivity index is 1.91. The van der Waals surface area contributed by atoms with Crippen LogP contribution in [0.4, 0.5) is 0 Å². The van der Waals surface area contributed by atoms with E-state index in [0.29, 0.717) is 5.82 Å². The quantitative estimate of drug-likeness (QED) is 0.774. The van der Waals surface area contributed by atoms with Gasteiger partial charge in [0.2, 0.25) is 0 Å². The second-order valence-electron chi connectivity index (χ2n) is 4.09. The number of rotatable bonds is 3. The normalized spacial score (nSPS) is 10.3. The SMILES string of the molecule is C=Cc1ccc(-c2ccc(-c3ncn[nH]3)nc2)cc1. The van der Waals surface area contributed by atoms with Crippen LogP contribution >= 0.6 is 0 Å². The van der Waals surface area contributed by atoms with Crippen molar-refractivity contribution in [2.45, 2.75) is 0 Å². The van der Waals surface area contributed by atoms with E-state index in [4.69, 9.17) is 0 Å². The Morgan fingerprint density at radius 1 is 0.947 bits per heavy atom. The van der Waals surface area contributed by atoms with Crippen molar-refractivity contribution in [1.82, 2.24) is 20.2 Å². The van der Waals surface area contributed by atoms with Crippen molar-refractivity contribution in [1.29, 1.82) is 0 Å². The lowest BCUT2D eigenvalue weighted by atomic mass is 10.1. The maximum absolute atomic E-state index is 4.39. The van der Waals surface area contributed by atoms with Crippen LogP contribution in [0.5, 0.6) is 0 Å². The summed E-state index contributed by atoms with van der Waals surface area (Å²) in [4.78, 5) is 8.46. The molecule has 0 fully saturated rings. The first-order valence-electron chi connectivity index (χ1n) is 5.91. The topological polar surface area (TPSA) is 54.5 Å². The number of nitrogens with one attached hydrogen (secondary N) is 1. The lowest BCUT2D eigenvalue weighted by Gasteiger charge is -2.03. The predicted octanol–water partition coefficient (Wildman–Crippen LogP) is 3.18. The van der Waals surface area contributed by atoms with Crippen LogP contribution in [0.15, 0.2) is 55.5 Å². The smallest absolute Gasteiger partial charge is 0.174 e. The van der Waals surface area contributed by atoms with Gasteiger partial charge in [-0.15, -0.1) is 0 Å². The number of benzene rings is 1. The molecule has 3 aromatic rings. The summed E-state index contributed by atoms with van der Waals surface area (Å²) in [5, 5.41) is 6.61. The highest BCUT2D eigenvalue weighted by Crippen LogP contribution is 2.21. The van der Waals surface area contributed by atoms with Crippen molar-refractivity contribution in [2.75, 3.05) is 0 Å². The van der Waals surface area contributed by atoms with E-state index in [2.05, 4.69) is 38.9 Å². The number of H-pyrrole nitrogens is 1. The molecule has 19 heavy (non-hydrogen) atoms. The van der Waals surface area contributed by atoms with Gasteiger partial charge in [-0.2, -0.15) is 5.10 Å². The van der Waals surface area contributed by atoms with E-state index in [1.54, 1.807) is 0 Å². The maximum atomic E-state index is 4.39. The molecule has 0 aliphatic carbocycles. The second-order valence-corrected chi connectivity index (χ2v) is 4.09. The molecule has 0 amide bonds. The third-order valence-electron chi connectivity index (χ3n) is 2.90. The Morgan fingerprint density at radius 2 is 1.74 bits per heavy atom. The molecule has 4 heteroatoms. The van der Waals surface area contributed by atoms with Gasteiger partial charge in [0.15, 0.2) is 5.82 Å². The Hall–Kier alpha value is -2.75. The number of hydrogen-bond donors (Lipinski definition) is 1. The minimum atomic E-state index is 0.675. The molecule has 0 aliphatic heterocycles. The van der Waals surface area contributed by atoms with Crippen LogP contribution in [0.1, 0.15) is 5.56 Å². The van der Waals surface area contributed by atoms with Crippen molar-refractivity contribution in [2.24, 2.45) is 0 Å². The largest absolute Gasteiger partial charge is 0.258 e. The third kappa shape index (κ3) is 2.28. The maximum Gasteiger partial charge on any atom is 0.174 e. The Kier molecular flexibility index (Phi) is 2.90. The Bertz CT molecular complexity index is 667. The summed E-state index contributed by atoms with van der Waals surface area (Å²) in [7, 11) is 0. The molecular formula is C15H12N4. The van der Waals surface area contributed by atoms with Gasteiger partial charge in [0.25, 0.3) is 0 Å². The molecule has 0 saturated carbocycles. The molecule has 3 rings (SSSR count). The highest BCUT2D eigenvalue weighted by atomic mass is 15.2. The van der Waals surface area contributed by atoms with Gasteiger partial charge in [-0.05, 0) is 17.2 Å². The highest BCUT2D eigenvalue weighted by molar-refractivity contribution is 5.66. The van der Waals surface area contributed by atoms with Gasteiger partial charge in [-0.1, -0.05) is 43.0 Å². The van der Waals surface area contributed by atoms with E-state index >= 15 is 0 Å². The van der Waals surface area contributed by atoms with E-state index in [-0.39, 0.29) is 0 Å². The summed E-state index contributed by atoms with van der Waals surface area (Å²) >= 11 is 0. The molecule has 0 atom stereocenters. The molecule has 1 aromatic carbocycles. The predicted molar refractivity (Wildman–Crippen MR) is 75.1 cm³/mol. The van der Waals surface area contributed by atoms with Crippen molar-refractivity contribution >= 4 is 6.08 Å². The van der Waals surface area contributed by atoms with Crippen LogP contribution in [-0.4, -0.2) is 20.2 Å². The van der Waals surface area contributed by atoms with Gasteiger partial charge in [-0.25, -0.2) is 4.98 Å². The molecule has 0 bridgehead atoms. The second kappa shape index (κ2) is 4.86. The number of aromatic nitrogens is 4. The zero-order valence-corrected chi connectivity index (χ0v) is 10.2. The molecule has 2 heterocycles. The zero-order chi connectivity index (χ0) is 13.1. The van der Waals surface area contributed by atoms with Gasteiger partial charge in [0.05, 0.1) is 0 Å². The standard InChI is InChI=1S/C15H12N4/c1-2-11-3-5-12(6-4-11)13-7-8-14(16-9-13)15-17-10-18-19-15/h2-10H,1H2,(H,17,18,19). The van der Waals surface area contributed by atoms with Gasteiger partial charge in [0.1, 0.15) is 12.0 Å². The minimum absolute atomic E-state index is 0.675. The Morgan fingerprint density at radius 3 is 2.32 bits per heavy atom.